The minimum atomic E-state index is -0.532. The van der Waals surface area contributed by atoms with Gasteiger partial charge in [-0.05, 0) is 29.0 Å². The van der Waals surface area contributed by atoms with E-state index in [0.717, 1.165) is 16.3 Å². The van der Waals surface area contributed by atoms with E-state index in [1.807, 2.05) is 24.3 Å². The molecule has 0 aliphatic rings. The van der Waals surface area contributed by atoms with Gasteiger partial charge < -0.3 is 11.5 Å². The minimum absolute atomic E-state index is 0.296. The molecular weight excluding hydrogens is 338 g/mol. The zero-order valence-electron chi connectivity index (χ0n) is 12.9. The van der Waals surface area contributed by atoms with Gasteiger partial charge in [0.15, 0.2) is 5.96 Å². The summed E-state index contributed by atoms with van der Waals surface area (Å²) in [6.07, 6.45) is 1.45. The quantitative estimate of drug-likeness (QED) is 0.544. The smallest absolute Gasteiger partial charge is 0.280 e. The summed E-state index contributed by atoms with van der Waals surface area (Å²) in [6.45, 7) is 0. The number of hydrogen-bond donors (Lipinski definition) is 2. The lowest BCUT2D eigenvalue weighted by Gasteiger charge is -2.09. The average molecular weight is 350 g/mol. The monoisotopic (exact) mass is 349 g/mol. The normalized spacial score (nSPS) is 10.2. The van der Waals surface area contributed by atoms with E-state index in [4.69, 9.17) is 28.3 Å². The highest BCUT2D eigenvalue weighted by molar-refractivity contribution is 6.33. The number of carbonyl (C=O) groups is 1. The second-order valence-electron chi connectivity index (χ2n) is 5.25. The van der Waals surface area contributed by atoms with Crippen molar-refractivity contribution >= 4 is 34.2 Å². The van der Waals surface area contributed by atoms with Gasteiger partial charge in [0.2, 0.25) is 0 Å². The Bertz CT molecular complexity index is 1060. The van der Waals surface area contributed by atoms with Crippen molar-refractivity contribution in [3.8, 4) is 17.3 Å². The lowest BCUT2D eigenvalue weighted by atomic mass is 9.99. The molecule has 0 bridgehead atoms. The molecule has 3 rings (SSSR count). The van der Waals surface area contributed by atoms with E-state index in [1.165, 1.54) is 6.20 Å². The third-order valence-corrected chi connectivity index (χ3v) is 3.87. The van der Waals surface area contributed by atoms with Crippen LogP contribution in [0.3, 0.4) is 0 Å². The van der Waals surface area contributed by atoms with E-state index >= 15 is 0 Å². The van der Waals surface area contributed by atoms with Crippen LogP contribution >= 0.6 is 11.6 Å². The second kappa shape index (κ2) is 6.59. The van der Waals surface area contributed by atoms with E-state index < -0.39 is 5.91 Å². The third kappa shape index (κ3) is 3.27. The number of amides is 1. The summed E-state index contributed by atoms with van der Waals surface area (Å²) in [5.41, 5.74) is 12.5. The van der Waals surface area contributed by atoms with Gasteiger partial charge in [-0.15, -0.1) is 0 Å². The number of pyridine rings is 1. The van der Waals surface area contributed by atoms with Crippen LogP contribution in [0.1, 0.15) is 15.9 Å². The zero-order valence-corrected chi connectivity index (χ0v) is 13.7. The molecule has 122 valence electrons. The number of benzene rings is 2. The Labute approximate surface area is 148 Å². The van der Waals surface area contributed by atoms with Crippen molar-refractivity contribution in [3.05, 3.63) is 64.8 Å². The fraction of sp³-hybridized carbons (Fsp3) is 0. The first kappa shape index (κ1) is 16.4. The summed E-state index contributed by atoms with van der Waals surface area (Å²) in [6, 6.07) is 14.3. The molecule has 0 saturated carbocycles. The summed E-state index contributed by atoms with van der Waals surface area (Å²) in [4.78, 5) is 19.9. The van der Waals surface area contributed by atoms with E-state index in [1.54, 1.807) is 24.3 Å². The summed E-state index contributed by atoms with van der Waals surface area (Å²) < 4.78 is 0. The number of aromatic nitrogens is 1. The molecule has 0 aliphatic carbocycles. The van der Waals surface area contributed by atoms with Crippen molar-refractivity contribution in [2.24, 2.45) is 16.5 Å². The van der Waals surface area contributed by atoms with E-state index in [0.29, 0.717) is 21.8 Å². The first-order valence-corrected chi connectivity index (χ1v) is 7.60. The van der Waals surface area contributed by atoms with E-state index in [2.05, 4.69) is 9.98 Å². The fourth-order valence-corrected chi connectivity index (χ4v) is 2.76. The Morgan fingerprint density at radius 3 is 2.68 bits per heavy atom. The molecule has 0 unspecified atom stereocenters. The maximum atomic E-state index is 12.1. The van der Waals surface area contributed by atoms with Crippen molar-refractivity contribution in [2.45, 2.75) is 0 Å². The number of fused-ring (bicyclic) bond motifs is 1. The predicted octanol–water partition coefficient (Wildman–Crippen LogP) is 2.84. The van der Waals surface area contributed by atoms with Crippen LogP contribution in [0, 0.1) is 11.3 Å². The highest BCUT2D eigenvalue weighted by Crippen LogP contribution is 2.33. The van der Waals surface area contributed by atoms with Crippen LogP contribution in [-0.4, -0.2) is 16.9 Å². The van der Waals surface area contributed by atoms with Gasteiger partial charge in [-0.1, -0.05) is 35.9 Å². The molecule has 0 fully saturated rings. The Morgan fingerprint density at radius 2 is 2.00 bits per heavy atom. The molecule has 7 heteroatoms. The average Bonchev–Trinajstić information content (AvgIpc) is 2.60. The largest absolute Gasteiger partial charge is 0.370 e. The van der Waals surface area contributed by atoms with Gasteiger partial charge >= 0.3 is 0 Å². The number of nitriles is 1. The Balaban J connectivity index is 2.21. The summed E-state index contributed by atoms with van der Waals surface area (Å²) in [5.74, 6) is -0.828. The maximum Gasteiger partial charge on any atom is 0.280 e. The highest BCUT2D eigenvalue weighted by atomic mass is 35.5. The van der Waals surface area contributed by atoms with Crippen molar-refractivity contribution in [1.29, 1.82) is 5.26 Å². The van der Waals surface area contributed by atoms with E-state index in [9.17, 15) is 4.79 Å². The minimum Gasteiger partial charge on any atom is -0.370 e. The molecular formula is C18H12ClN5O. The second-order valence-corrected chi connectivity index (χ2v) is 5.66. The molecule has 1 amide bonds. The molecule has 0 atom stereocenters. The fourth-order valence-electron chi connectivity index (χ4n) is 2.49. The van der Waals surface area contributed by atoms with Crippen LogP contribution in [0.5, 0.6) is 0 Å². The molecule has 0 saturated heterocycles. The Morgan fingerprint density at radius 1 is 1.20 bits per heavy atom. The zero-order chi connectivity index (χ0) is 18.0. The molecule has 0 aliphatic heterocycles. The molecule has 1 aromatic heterocycles. The first-order chi connectivity index (χ1) is 12.0. The highest BCUT2D eigenvalue weighted by Gasteiger charge is 2.12. The summed E-state index contributed by atoms with van der Waals surface area (Å²) in [7, 11) is 0. The van der Waals surface area contributed by atoms with Gasteiger partial charge in [-0.2, -0.15) is 10.3 Å². The number of rotatable bonds is 2. The number of carbonyl (C=O) groups excluding carboxylic acids is 1. The van der Waals surface area contributed by atoms with Gasteiger partial charge in [-0.3, -0.25) is 9.78 Å². The molecule has 2 aromatic carbocycles. The standard InChI is InChI=1S/C18H12ClN5O/c19-15-6-10(8-20)9-23-16(15)13-3-1-2-11-4-5-12(7-14(11)13)17(25)24-18(21)22/h1-7,9H,(H4,21,22,24,25). The van der Waals surface area contributed by atoms with Crippen LogP contribution in [0.25, 0.3) is 22.0 Å². The van der Waals surface area contributed by atoms with Crippen molar-refractivity contribution in [1.82, 2.24) is 4.98 Å². The maximum absolute atomic E-state index is 12.1. The van der Waals surface area contributed by atoms with Crippen LogP contribution in [0.15, 0.2) is 53.7 Å². The number of aliphatic imine (C=N–C) groups is 1. The van der Waals surface area contributed by atoms with Gasteiger partial charge in [-0.25, -0.2) is 0 Å². The van der Waals surface area contributed by atoms with Crippen molar-refractivity contribution < 1.29 is 4.79 Å². The number of hydrogen-bond acceptors (Lipinski definition) is 3. The van der Waals surface area contributed by atoms with Gasteiger partial charge in [0.1, 0.15) is 6.07 Å². The number of nitrogens with two attached hydrogens (primary N) is 2. The molecule has 3 aromatic rings. The topological polar surface area (TPSA) is 118 Å². The predicted molar refractivity (Wildman–Crippen MR) is 97.0 cm³/mol. The Hall–Kier alpha value is -3.43. The summed E-state index contributed by atoms with van der Waals surface area (Å²) >= 11 is 6.28. The first-order valence-electron chi connectivity index (χ1n) is 7.22. The van der Waals surface area contributed by atoms with Crippen LogP contribution in [-0.2, 0) is 0 Å². The van der Waals surface area contributed by atoms with Crippen LogP contribution in [0.2, 0.25) is 5.02 Å². The van der Waals surface area contributed by atoms with Crippen LogP contribution in [0.4, 0.5) is 0 Å². The lowest BCUT2D eigenvalue weighted by Crippen LogP contribution is -2.24. The molecule has 0 spiro atoms. The van der Waals surface area contributed by atoms with Crippen molar-refractivity contribution in [3.63, 3.8) is 0 Å². The number of halogens is 1. The molecule has 4 N–H and O–H groups in total. The summed E-state index contributed by atoms with van der Waals surface area (Å²) in [5, 5.41) is 11.0. The third-order valence-electron chi connectivity index (χ3n) is 3.59. The SMILES string of the molecule is N#Cc1cnc(-c2cccc3ccc(C(=O)N=C(N)N)cc23)c(Cl)c1. The van der Waals surface area contributed by atoms with Gasteiger partial charge in [0, 0.05) is 17.3 Å². The van der Waals surface area contributed by atoms with Crippen molar-refractivity contribution in [2.75, 3.05) is 0 Å². The molecule has 6 nitrogen and oxygen atoms in total. The van der Waals surface area contributed by atoms with E-state index in [-0.39, 0.29) is 5.96 Å². The molecule has 1 heterocycles. The molecule has 0 radical (unpaired) electrons. The van der Waals surface area contributed by atoms with Gasteiger partial charge in [0.05, 0.1) is 16.3 Å². The Kier molecular flexibility index (Phi) is 4.33. The van der Waals surface area contributed by atoms with Gasteiger partial charge in [0.25, 0.3) is 5.91 Å². The van der Waals surface area contributed by atoms with Crippen LogP contribution < -0.4 is 11.5 Å². The lowest BCUT2D eigenvalue weighted by molar-refractivity contribution is 0.100. The number of guanidine groups is 1. The molecule has 25 heavy (non-hydrogen) atoms. The number of nitrogens with zero attached hydrogens (tertiary/aromatic N) is 3.